The van der Waals surface area contributed by atoms with Gasteiger partial charge in [0.2, 0.25) is 0 Å². The zero-order chi connectivity index (χ0) is 8.32. The van der Waals surface area contributed by atoms with Crippen LogP contribution in [0.5, 0.6) is 0 Å². The van der Waals surface area contributed by atoms with Crippen molar-refractivity contribution >= 4 is 0 Å². The summed E-state index contributed by atoms with van der Waals surface area (Å²) < 4.78 is 0. The summed E-state index contributed by atoms with van der Waals surface area (Å²) in [5.41, 5.74) is 0.578. The van der Waals surface area contributed by atoms with Crippen molar-refractivity contribution in [1.29, 1.82) is 0 Å². The molecule has 0 aromatic rings. The normalized spacial score (nSPS) is 33.0. The molecule has 1 rings (SSSR count). The zero-order valence-electron chi connectivity index (χ0n) is 8.19. The van der Waals surface area contributed by atoms with Crippen LogP contribution in [-0.2, 0) is 0 Å². The minimum Gasteiger partial charge on any atom is -0.301 e. The first-order valence-corrected chi connectivity index (χ1v) is 4.96. The van der Waals surface area contributed by atoms with E-state index in [0.717, 1.165) is 0 Å². The van der Waals surface area contributed by atoms with E-state index in [2.05, 4.69) is 25.8 Å². The summed E-state index contributed by atoms with van der Waals surface area (Å²) in [6.45, 7) is 5.94. The highest BCUT2D eigenvalue weighted by Crippen LogP contribution is 2.34. The molecule has 0 radical (unpaired) electrons. The Bertz CT molecular complexity index is 122. The smallest absolute Gasteiger partial charge is 0.0204 e. The van der Waals surface area contributed by atoms with Crippen molar-refractivity contribution in [3.63, 3.8) is 0 Å². The molecule has 0 N–H and O–H groups in total. The average Bonchev–Trinajstić information content (AvgIpc) is 2.35. The van der Waals surface area contributed by atoms with E-state index in [1.807, 2.05) is 0 Å². The fourth-order valence-electron chi connectivity index (χ4n) is 2.48. The van der Waals surface area contributed by atoms with Crippen molar-refractivity contribution in [3.05, 3.63) is 0 Å². The van der Waals surface area contributed by atoms with Crippen LogP contribution in [0.1, 0.15) is 46.0 Å². The van der Waals surface area contributed by atoms with Gasteiger partial charge in [0.15, 0.2) is 0 Å². The third-order valence-corrected chi connectivity index (χ3v) is 3.32. The summed E-state index contributed by atoms with van der Waals surface area (Å²) in [7, 11) is 2.28. The first kappa shape index (κ1) is 9.05. The second-order valence-electron chi connectivity index (χ2n) is 3.85. The largest absolute Gasteiger partial charge is 0.301 e. The van der Waals surface area contributed by atoms with Gasteiger partial charge in [0.05, 0.1) is 0 Å². The number of likely N-dealkylation sites (tertiary alicyclic amines) is 1. The van der Waals surface area contributed by atoms with Crippen molar-refractivity contribution in [3.8, 4) is 0 Å². The van der Waals surface area contributed by atoms with Crippen LogP contribution in [0.15, 0.2) is 0 Å². The molecule has 0 bridgehead atoms. The van der Waals surface area contributed by atoms with E-state index in [1.165, 1.54) is 38.6 Å². The molecule has 0 spiro atoms. The molecule has 1 fully saturated rings. The Morgan fingerprint density at radius 2 is 2.09 bits per heavy atom. The highest BCUT2D eigenvalue weighted by atomic mass is 15.2. The van der Waals surface area contributed by atoms with Crippen molar-refractivity contribution in [2.75, 3.05) is 13.6 Å². The van der Waals surface area contributed by atoms with Gasteiger partial charge in [-0.2, -0.15) is 0 Å². The van der Waals surface area contributed by atoms with Gasteiger partial charge < -0.3 is 4.90 Å². The molecule has 11 heavy (non-hydrogen) atoms. The maximum atomic E-state index is 2.57. The maximum absolute atomic E-state index is 2.57. The molecule has 66 valence electrons. The fourth-order valence-corrected chi connectivity index (χ4v) is 2.48. The highest BCUT2D eigenvalue weighted by Gasteiger charge is 2.35. The van der Waals surface area contributed by atoms with Crippen molar-refractivity contribution in [2.24, 2.45) is 0 Å². The molecule has 1 aliphatic rings. The molecule has 0 aromatic carbocycles. The molecule has 1 aliphatic heterocycles. The third-order valence-electron chi connectivity index (χ3n) is 3.32. The van der Waals surface area contributed by atoms with Gasteiger partial charge in [-0.25, -0.2) is 0 Å². The first-order valence-electron chi connectivity index (χ1n) is 4.96. The first-order chi connectivity index (χ1) is 5.25. The van der Waals surface area contributed by atoms with E-state index in [4.69, 9.17) is 0 Å². The van der Waals surface area contributed by atoms with E-state index < -0.39 is 0 Å². The molecule has 1 unspecified atom stereocenters. The SMILES string of the molecule is CCCC1(CC)CCCN1C. The molecule has 1 nitrogen and oxygen atoms in total. The van der Waals surface area contributed by atoms with Crippen LogP contribution in [0.2, 0.25) is 0 Å². The van der Waals surface area contributed by atoms with E-state index >= 15 is 0 Å². The minimum atomic E-state index is 0.578. The van der Waals surface area contributed by atoms with Gasteiger partial charge in [-0.1, -0.05) is 20.3 Å². The molecule has 0 saturated carbocycles. The van der Waals surface area contributed by atoms with Gasteiger partial charge >= 0.3 is 0 Å². The van der Waals surface area contributed by atoms with Crippen LogP contribution < -0.4 is 0 Å². The number of nitrogens with zero attached hydrogens (tertiary/aromatic N) is 1. The lowest BCUT2D eigenvalue weighted by Crippen LogP contribution is -2.40. The topological polar surface area (TPSA) is 3.24 Å². The Hall–Kier alpha value is -0.0400. The molecular formula is C10H21N. The summed E-state index contributed by atoms with van der Waals surface area (Å²) in [4.78, 5) is 2.57. The summed E-state index contributed by atoms with van der Waals surface area (Å²) in [5, 5.41) is 0. The molecule has 1 atom stereocenters. The van der Waals surface area contributed by atoms with Crippen LogP contribution in [0.4, 0.5) is 0 Å². The van der Waals surface area contributed by atoms with Crippen LogP contribution >= 0.6 is 0 Å². The van der Waals surface area contributed by atoms with Crippen LogP contribution in [0, 0.1) is 0 Å². The van der Waals surface area contributed by atoms with Gasteiger partial charge in [-0.15, -0.1) is 0 Å². The molecule has 0 aliphatic carbocycles. The van der Waals surface area contributed by atoms with Crippen molar-refractivity contribution in [2.45, 2.75) is 51.5 Å². The van der Waals surface area contributed by atoms with E-state index in [0.29, 0.717) is 5.54 Å². The molecular weight excluding hydrogens is 134 g/mol. The number of hydrogen-bond acceptors (Lipinski definition) is 1. The molecule has 0 amide bonds. The Morgan fingerprint density at radius 3 is 2.45 bits per heavy atom. The molecule has 0 aromatic heterocycles. The number of hydrogen-bond donors (Lipinski definition) is 0. The van der Waals surface area contributed by atoms with Crippen molar-refractivity contribution < 1.29 is 0 Å². The van der Waals surface area contributed by atoms with Crippen LogP contribution in [-0.4, -0.2) is 24.0 Å². The van der Waals surface area contributed by atoms with E-state index in [-0.39, 0.29) is 0 Å². The van der Waals surface area contributed by atoms with Crippen LogP contribution in [0.25, 0.3) is 0 Å². The Morgan fingerprint density at radius 1 is 1.36 bits per heavy atom. The summed E-state index contributed by atoms with van der Waals surface area (Å²) in [6, 6.07) is 0. The lowest BCUT2D eigenvalue weighted by molar-refractivity contribution is 0.153. The third kappa shape index (κ3) is 1.58. The van der Waals surface area contributed by atoms with E-state index in [1.54, 1.807) is 0 Å². The summed E-state index contributed by atoms with van der Waals surface area (Å²) >= 11 is 0. The minimum absolute atomic E-state index is 0.578. The van der Waals surface area contributed by atoms with Gasteiger partial charge in [0.1, 0.15) is 0 Å². The van der Waals surface area contributed by atoms with Gasteiger partial charge in [-0.05, 0) is 39.3 Å². The quantitative estimate of drug-likeness (QED) is 0.605. The molecule has 1 saturated heterocycles. The second-order valence-corrected chi connectivity index (χ2v) is 3.85. The Balaban J connectivity index is 2.57. The monoisotopic (exact) mass is 155 g/mol. The average molecular weight is 155 g/mol. The molecule has 1 heterocycles. The lowest BCUT2D eigenvalue weighted by atomic mass is 9.88. The zero-order valence-corrected chi connectivity index (χ0v) is 8.19. The van der Waals surface area contributed by atoms with Crippen molar-refractivity contribution in [1.82, 2.24) is 4.90 Å². The fraction of sp³-hybridized carbons (Fsp3) is 1.00. The predicted octanol–water partition coefficient (Wildman–Crippen LogP) is 2.66. The van der Waals surface area contributed by atoms with Crippen LogP contribution in [0.3, 0.4) is 0 Å². The Kier molecular flexibility index (Phi) is 2.94. The number of rotatable bonds is 3. The summed E-state index contributed by atoms with van der Waals surface area (Å²) in [5.74, 6) is 0. The second kappa shape index (κ2) is 3.57. The Labute approximate surface area is 70.8 Å². The van der Waals surface area contributed by atoms with Gasteiger partial charge in [0, 0.05) is 5.54 Å². The molecule has 1 heteroatoms. The van der Waals surface area contributed by atoms with E-state index in [9.17, 15) is 0 Å². The standard InChI is InChI=1S/C10H21N/c1-4-7-10(5-2)8-6-9-11(10)3/h4-9H2,1-3H3. The van der Waals surface area contributed by atoms with Gasteiger partial charge in [0.25, 0.3) is 0 Å². The predicted molar refractivity (Wildman–Crippen MR) is 49.8 cm³/mol. The lowest BCUT2D eigenvalue weighted by Gasteiger charge is -2.35. The highest BCUT2D eigenvalue weighted by molar-refractivity contribution is 4.92. The van der Waals surface area contributed by atoms with Gasteiger partial charge in [-0.3, -0.25) is 0 Å². The maximum Gasteiger partial charge on any atom is 0.0204 e. The summed E-state index contributed by atoms with van der Waals surface area (Å²) in [6.07, 6.45) is 6.88.